The highest BCUT2D eigenvalue weighted by Crippen LogP contribution is 2.36. The molecule has 0 radical (unpaired) electrons. The Kier molecular flexibility index (Phi) is 9.18. The first-order valence-corrected chi connectivity index (χ1v) is 11.5. The minimum Gasteiger partial charge on any atom is -0.465 e. The molecule has 2 rings (SSSR count). The Hall–Kier alpha value is -2.26. The monoisotopic (exact) mass is 469 g/mol. The molecule has 0 N–H and O–H groups in total. The van der Waals surface area contributed by atoms with Gasteiger partial charge in [0.2, 0.25) is 0 Å². The number of ether oxygens (including phenoxy) is 1. The van der Waals surface area contributed by atoms with Gasteiger partial charge in [-0.05, 0) is 49.3 Å². The highest BCUT2D eigenvalue weighted by atomic mass is 35.5. The number of Topliss-reactive ketones (excluding diaryl/α,β-unsaturated/α-hetero) is 3. The zero-order valence-electron chi connectivity index (χ0n) is 17.3. The molecule has 3 atom stereocenters. The van der Waals surface area contributed by atoms with Crippen molar-refractivity contribution in [1.82, 2.24) is 0 Å². The second-order valence-electron chi connectivity index (χ2n) is 7.12. The van der Waals surface area contributed by atoms with E-state index in [0.717, 1.165) is 23.6 Å². The van der Waals surface area contributed by atoms with Crippen molar-refractivity contribution in [3.05, 3.63) is 38.9 Å². The fourth-order valence-corrected chi connectivity index (χ4v) is 4.59. The van der Waals surface area contributed by atoms with Gasteiger partial charge in [0.1, 0.15) is 11.8 Å². The molecule has 10 heteroatoms. The number of carbonyl (C=O) groups excluding carboxylic acids is 4. The van der Waals surface area contributed by atoms with E-state index in [2.05, 4.69) is 0 Å². The highest BCUT2D eigenvalue weighted by Gasteiger charge is 2.50. The molecule has 8 nitrogen and oxygen atoms in total. The fraction of sp³-hybridized carbons (Fsp3) is 0.524. The highest BCUT2D eigenvalue weighted by molar-refractivity contribution is 7.99. The number of nitrogens with zero attached hydrogens (tertiary/aromatic N) is 1. The Balaban J connectivity index is 2.36. The van der Waals surface area contributed by atoms with Gasteiger partial charge < -0.3 is 4.74 Å². The topological polar surface area (TPSA) is 121 Å². The predicted octanol–water partition coefficient (Wildman–Crippen LogP) is 3.92. The summed E-state index contributed by atoms with van der Waals surface area (Å²) in [5, 5.41) is 11.4. The zero-order valence-corrected chi connectivity index (χ0v) is 18.9. The molecule has 31 heavy (non-hydrogen) atoms. The molecule has 3 unspecified atom stereocenters. The van der Waals surface area contributed by atoms with Crippen LogP contribution in [0, 0.1) is 27.9 Å². The lowest BCUT2D eigenvalue weighted by Crippen LogP contribution is -2.48. The molecule has 0 aromatic heterocycles. The Labute approximate surface area is 189 Å². The SMILES string of the molecule is CCOC(=O)C1C(=O)C(C(=O)c2ccc(Cl)cc2[N+](=O)[O-])C(=O)CC1CCCSCC. The van der Waals surface area contributed by atoms with Gasteiger partial charge in [0.25, 0.3) is 5.69 Å². The van der Waals surface area contributed by atoms with E-state index >= 15 is 0 Å². The van der Waals surface area contributed by atoms with Crippen LogP contribution in [0.3, 0.4) is 0 Å². The van der Waals surface area contributed by atoms with Crippen molar-refractivity contribution >= 4 is 52.4 Å². The van der Waals surface area contributed by atoms with Crippen molar-refractivity contribution < 1.29 is 28.8 Å². The third kappa shape index (κ3) is 5.92. The number of thioether (sulfide) groups is 1. The minimum atomic E-state index is -1.77. The molecule has 1 aliphatic carbocycles. The van der Waals surface area contributed by atoms with Gasteiger partial charge in [-0.2, -0.15) is 11.8 Å². The van der Waals surface area contributed by atoms with Crippen LogP contribution in [-0.2, 0) is 19.1 Å². The van der Waals surface area contributed by atoms with Gasteiger partial charge in [0.05, 0.1) is 17.1 Å². The van der Waals surface area contributed by atoms with Gasteiger partial charge in [-0.1, -0.05) is 18.5 Å². The second kappa shape index (κ2) is 11.4. The maximum absolute atomic E-state index is 13.2. The first-order valence-electron chi connectivity index (χ1n) is 10.0. The van der Waals surface area contributed by atoms with Crippen molar-refractivity contribution in [2.24, 2.45) is 17.8 Å². The van der Waals surface area contributed by atoms with Gasteiger partial charge in [-0.25, -0.2) is 0 Å². The summed E-state index contributed by atoms with van der Waals surface area (Å²) in [6.45, 7) is 3.67. The lowest BCUT2D eigenvalue weighted by atomic mass is 9.68. The van der Waals surface area contributed by atoms with Crippen LogP contribution in [0.5, 0.6) is 0 Å². The normalized spacial score (nSPS) is 21.1. The number of ketones is 3. The Morgan fingerprint density at radius 3 is 2.61 bits per heavy atom. The summed E-state index contributed by atoms with van der Waals surface area (Å²) in [7, 11) is 0. The van der Waals surface area contributed by atoms with Gasteiger partial charge in [-0.3, -0.25) is 29.3 Å². The molecule has 1 aliphatic rings. The van der Waals surface area contributed by atoms with Crippen LogP contribution in [0.4, 0.5) is 5.69 Å². The number of carbonyl (C=O) groups is 4. The number of hydrogen-bond acceptors (Lipinski definition) is 8. The van der Waals surface area contributed by atoms with Crippen LogP contribution < -0.4 is 0 Å². The van der Waals surface area contributed by atoms with Crippen LogP contribution in [0.1, 0.15) is 43.5 Å². The molecule has 0 saturated heterocycles. The van der Waals surface area contributed by atoms with Gasteiger partial charge in [0.15, 0.2) is 17.3 Å². The molecule has 1 saturated carbocycles. The smallest absolute Gasteiger partial charge is 0.316 e. The van der Waals surface area contributed by atoms with Gasteiger partial charge >= 0.3 is 5.97 Å². The summed E-state index contributed by atoms with van der Waals surface area (Å²) in [5.74, 6) is -5.06. The van der Waals surface area contributed by atoms with E-state index in [-0.39, 0.29) is 23.6 Å². The van der Waals surface area contributed by atoms with Crippen molar-refractivity contribution in [2.75, 3.05) is 18.1 Å². The first kappa shape index (κ1) is 25.0. The number of benzene rings is 1. The largest absolute Gasteiger partial charge is 0.465 e. The summed E-state index contributed by atoms with van der Waals surface area (Å²) in [6, 6.07) is 3.39. The first-order chi connectivity index (χ1) is 14.7. The van der Waals surface area contributed by atoms with Gasteiger partial charge in [0, 0.05) is 17.5 Å². The van der Waals surface area contributed by atoms with Crippen LogP contribution >= 0.6 is 23.4 Å². The van der Waals surface area contributed by atoms with Crippen LogP contribution in [0.2, 0.25) is 5.02 Å². The summed E-state index contributed by atoms with van der Waals surface area (Å²) in [5.41, 5.74) is -0.981. The Morgan fingerprint density at radius 1 is 1.29 bits per heavy atom. The molecule has 1 aromatic rings. The average molecular weight is 470 g/mol. The van der Waals surface area contributed by atoms with Crippen LogP contribution in [0.25, 0.3) is 0 Å². The van der Waals surface area contributed by atoms with Crippen molar-refractivity contribution in [3.63, 3.8) is 0 Å². The molecular formula is C21H24ClNO7S. The Morgan fingerprint density at radius 2 is 2.00 bits per heavy atom. The number of nitro benzene ring substituents is 1. The predicted molar refractivity (Wildman–Crippen MR) is 116 cm³/mol. The van der Waals surface area contributed by atoms with Crippen LogP contribution in [-0.4, -0.2) is 46.4 Å². The van der Waals surface area contributed by atoms with E-state index in [9.17, 15) is 29.3 Å². The molecule has 1 fully saturated rings. The average Bonchev–Trinajstić information content (AvgIpc) is 2.70. The molecule has 0 aliphatic heterocycles. The molecule has 1 aromatic carbocycles. The fourth-order valence-electron chi connectivity index (χ4n) is 3.76. The maximum atomic E-state index is 13.2. The lowest BCUT2D eigenvalue weighted by molar-refractivity contribution is -0.385. The Bertz CT molecular complexity index is 888. The van der Waals surface area contributed by atoms with Crippen LogP contribution in [0.15, 0.2) is 18.2 Å². The van der Waals surface area contributed by atoms with E-state index in [1.54, 1.807) is 18.7 Å². The van der Waals surface area contributed by atoms with Crippen molar-refractivity contribution in [2.45, 2.75) is 33.1 Å². The standard InChI is InChI=1S/C21H24ClNO7S/c1-3-30-21(27)17-12(6-5-9-31-4-2)10-16(24)18(20(17)26)19(25)14-8-7-13(22)11-15(14)23(28)29/h7-8,11-12,17-18H,3-6,9-10H2,1-2H3. The molecule has 0 spiro atoms. The number of esters is 1. The summed E-state index contributed by atoms with van der Waals surface area (Å²) in [6.07, 6.45) is 1.04. The number of hydrogen-bond donors (Lipinski definition) is 0. The number of rotatable bonds is 10. The summed E-state index contributed by atoms with van der Waals surface area (Å²) >= 11 is 7.50. The van der Waals surface area contributed by atoms with E-state index in [4.69, 9.17) is 16.3 Å². The lowest BCUT2D eigenvalue weighted by Gasteiger charge is -2.32. The minimum absolute atomic E-state index is 0.0407. The third-order valence-corrected chi connectivity index (χ3v) is 6.36. The molecule has 168 valence electrons. The third-order valence-electron chi connectivity index (χ3n) is 5.14. The van der Waals surface area contributed by atoms with E-state index < -0.39 is 51.7 Å². The van der Waals surface area contributed by atoms with Crippen molar-refractivity contribution in [3.8, 4) is 0 Å². The molecular weight excluding hydrogens is 446 g/mol. The van der Waals surface area contributed by atoms with Crippen molar-refractivity contribution in [1.29, 1.82) is 0 Å². The number of nitro groups is 1. The molecule has 0 heterocycles. The quantitative estimate of drug-likeness (QED) is 0.126. The zero-order chi connectivity index (χ0) is 23.1. The van der Waals surface area contributed by atoms with E-state index in [1.807, 2.05) is 6.92 Å². The second-order valence-corrected chi connectivity index (χ2v) is 8.95. The van der Waals surface area contributed by atoms with E-state index in [1.165, 1.54) is 6.07 Å². The van der Waals surface area contributed by atoms with E-state index in [0.29, 0.717) is 12.8 Å². The number of halogens is 1. The maximum Gasteiger partial charge on any atom is 0.316 e. The summed E-state index contributed by atoms with van der Waals surface area (Å²) in [4.78, 5) is 62.1. The van der Waals surface area contributed by atoms with Gasteiger partial charge in [-0.15, -0.1) is 0 Å². The summed E-state index contributed by atoms with van der Waals surface area (Å²) < 4.78 is 5.04. The molecule has 0 bridgehead atoms. The molecule has 0 amide bonds.